The number of rotatable bonds is 6. The van der Waals surface area contributed by atoms with Gasteiger partial charge in [-0.15, -0.1) is 5.10 Å². The predicted octanol–water partition coefficient (Wildman–Crippen LogP) is 4.30. The first-order valence-electron chi connectivity index (χ1n) is 13.4. The molecule has 1 saturated heterocycles. The lowest BCUT2D eigenvalue weighted by Gasteiger charge is -2.40. The molecule has 3 aromatic heterocycles. The van der Waals surface area contributed by atoms with Gasteiger partial charge in [0.05, 0.1) is 11.8 Å². The molecule has 200 valence electrons. The Kier molecular flexibility index (Phi) is 6.52. The Morgan fingerprint density at radius 3 is 2.49 bits per heavy atom. The van der Waals surface area contributed by atoms with Gasteiger partial charge in [-0.3, -0.25) is 9.69 Å². The Morgan fingerprint density at radius 2 is 1.72 bits per heavy atom. The van der Waals surface area contributed by atoms with Gasteiger partial charge in [0, 0.05) is 42.8 Å². The molecular formula is C30H33N7O2. The smallest absolute Gasteiger partial charge is 0.253 e. The van der Waals surface area contributed by atoms with Gasteiger partial charge in [-0.05, 0) is 84.6 Å². The molecule has 1 atom stereocenters. The molecule has 0 unspecified atom stereocenters. The monoisotopic (exact) mass is 523 g/mol. The van der Waals surface area contributed by atoms with Crippen molar-refractivity contribution in [3.63, 3.8) is 0 Å². The lowest BCUT2D eigenvalue weighted by atomic mass is 9.99. The maximum absolute atomic E-state index is 13.7. The highest BCUT2D eigenvalue weighted by molar-refractivity contribution is 5.85. The van der Waals surface area contributed by atoms with E-state index in [1.54, 1.807) is 10.9 Å². The summed E-state index contributed by atoms with van der Waals surface area (Å²) in [6.07, 6.45) is 1.64. The largest absolute Gasteiger partial charge is 0.467 e. The number of aromatic amines is 1. The summed E-state index contributed by atoms with van der Waals surface area (Å²) in [4.78, 5) is 21.6. The molecule has 2 aromatic carbocycles. The number of nitrogens with zero attached hydrogens (tertiary/aromatic N) is 6. The Morgan fingerprint density at radius 1 is 0.949 bits per heavy atom. The van der Waals surface area contributed by atoms with Crippen molar-refractivity contribution in [2.45, 2.75) is 40.3 Å². The number of H-pyrrole nitrogens is 1. The van der Waals surface area contributed by atoms with E-state index >= 15 is 0 Å². The number of aryl methyl sites for hydroxylation is 4. The number of anilines is 1. The number of nitrogens with one attached hydrogen (secondary N) is 1. The van der Waals surface area contributed by atoms with E-state index in [1.165, 1.54) is 16.8 Å². The average Bonchev–Trinajstić information content (AvgIpc) is 3.62. The maximum atomic E-state index is 13.7. The van der Waals surface area contributed by atoms with Gasteiger partial charge in [0.25, 0.3) is 5.56 Å². The molecular weight excluding hydrogens is 490 g/mol. The van der Waals surface area contributed by atoms with Crippen molar-refractivity contribution in [3.8, 4) is 0 Å². The van der Waals surface area contributed by atoms with Crippen LogP contribution in [0.4, 0.5) is 5.69 Å². The van der Waals surface area contributed by atoms with Crippen LogP contribution in [0.15, 0.2) is 64.0 Å². The fourth-order valence-electron chi connectivity index (χ4n) is 5.64. The standard InChI is InChI=1S/C30H33N7O2/c1-19-7-8-21(3)26(16-19)35-11-13-36(14-12-35)28(29-32-33-34-37(29)18-23-6-5-15-39-23)25-17-24-20(2)9-10-22(4)27(24)31-30(25)38/h5-10,15-17,28H,11-14,18H2,1-4H3,(H,31,38)/t28-/m1/s1. The average molecular weight is 524 g/mol. The van der Waals surface area contributed by atoms with Crippen LogP contribution in [0.3, 0.4) is 0 Å². The molecule has 0 saturated carbocycles. The second-order valence-electron chi connectivity index (χ2n) is 10.5. The highest BCUT2D eigenvalue weighted by Crippen LogP contribution is 2.31. The van der Waals surface area contributed by atoms with Gasteiger partial charge in [-0.2, -0.15) is 0 Å². The third kappa shape index (κ3) is 4.74. The normalized spacial score (nSPS) is 15.2. The van der Waals surface area contributed by atoms with Crippen LogP contribution in [-0.4, -0.2) is 56.3 Å². The summed E-state index contributed by atoms with van der Waals surface area (Å²) in [7, 11) is 0. The number of piperazine rings is 1. The van der Waals surface area contributed by atoms with Crippen molar-refractivity contribution in [2.24, 2.45) is 0 Å². The number of fused-ring (bicyclic) bond motifs is 1. The topological polar surface area (TPSA) is 96.1 Å². The Hall–Kier alpha value is -4.24. The molecule has 0 amide bonds. The fourth-order valence-corrected chi connectivity index (χ4v) is 5.64. The Balaban J connectivity index is 1.41. The molecule has 5 aromatic rings. The number of hydrogen-bond acceptors (Lipinski definition) is 7. The lowest BCUT2D eigenvalue weighted by Crippen LogP contribution is -2.49. The molecule has 1 aliphatic heterocycles. The first-order chi connectivity index (χ1) is 18.9. The highest BCUT2D eigenvalue weighted by atomic mass is 16.3. The molecule has 0 aliphatic carbocycles. The molecule has 9 nitrogen and oxygen atoms in total. The number of tetrazole rings is 1. The van der Waals surface area contributed by atoms with Crippen molar-refractivity contribution in [2.75, 3.05) is 31.1 Å². The minimum Gasteiger partial charge on any atom is -0.467 e. The minimum atomic E-state index is -0.413. The molecule has 9 heteroatoms. The summed E-state index contributed by atoms with van der Waals surface area (Å²) < 4.78 is 7.33. The van der Waals surface area contributed by atoms with E-state index in [4.69, 9.17) is 4.42 Å². The van der Waals surface area contributed by atoms with Crippen LogP contribution in [0, 0.1) is 27.7 Å². The van der Waals surface area contributed by atoms with Crippen molar-refractivity contribution >= 4 is 16.6 Å². The van der Waals surface area contributed by atoms with Crippen LogP contribution >= 0.6 is 0 Å². The highest BCUT2D eigenvalue weighted by Gasteiger charge is 2.33. The third-order valence-electron chi connectivity index (χ3n) is 7.84. The van der Waals surface area contributed by atoms with E-state index in [0.29, 0.717) is 17.9 Å². The molecule has 0 bridgehead atoms. The van der Waals surface area contributed by atoms with Gasteiger partial charge in [0.15, 0.2) is 5.82 Å². The van der Waals surface area contributed by atoms with Gasteiger partial charge < -0.3 is 14.3 Å². The number of hydrogen-bond donors (Lipinski definition) is 1. The first kappa shape index (κ1) is 25.1. The van der Waals surface area contributed by atoms with Crippen LogP contribution in [0.2, 0.25) is 0 Å². The van der Waals surface area contributed by atoms with E-state index in [-0.39, 0.29) is 5.56 Å². The van der Waals surface area contributed by atoms with Crippen molar-refractivity contribution in [1.82, 2.24) is 30.1 Å². The van der Waals surface area contributed by atoms with E-state index in [1.807, 2.05) is 31.2 Å². The summed E-state index contributed by atoms with van der Waals surface area (Å²) in [6.45, 7) is 12.0. The molecule has 1 fully saturated rings. The quantitative estimate of drug-likeness (QED) is 0.354. The summed E-state index contributed by atoms with van der Waals surface area (Å²) in [5.41, 5.74) is 7.34. The van der Waals surface area contributed by atoms with Gasteiger partial charge in [-0.1, -0.05) is 24.3 Å². The summed E-state index contributed by atoms with van der Waals surface area (Å²) >= 11 is 0. The van der Waals surface area contributed by atoms with Crippen LogP contribution in [0.1, 0.15) is 45.4 Å². The molecule has 39 heavy (non-hydrogen) atoms. The number of aromatic nitrogens is 5. The molecule has 0 radical (unpaired) electrons. The molecule has 6 rings (SSSR count). The predicted molar refractivity (Wildman–Crippen MR) is 151 cm³/mol. The zero-order chi connectivity index (χ0) is 27.1. The fraction of sp³-hybridized carbons (Fsp3) is 0.333. The van der Waals surface area contributed by atoms with Gasteiger partial charge >= 0.3 is 0 Å². The van der Waals surface area contributed by atoms with E-state index in [9.17, 15) is 4.79 Å². The third-order valence-corrected chi connectivity index (χ3v) is 7.84. The molecule has 4 heterocycles. The van der Waals surface area contributed by atoms with Crippen molar-refractivity contribution in [3.05, 3.63) is 105 Å². The lowest BCUT2D eigenvalue weighted by molar-refractivity contribution is 0.200. The van der Waals surface area contributed by atoms with Crippen LogP contribution in [0.25, 0.3) is 10.9 Å². The van der Waals surface area contributed by atoms with E-state index in [2.05, 4.69) is 75.3 Å². The zero-order valence-corrected chi connectivity index (χ0v) is 22.8. The summed E-state index contributed by atoms with van der Waals surface area (Å²) in [5.74, 6) is 1.38. The maximum Gasteiger partial charge on any atom is 0.253 e. The second-order valence-corrected chi connectivity index (χ2v) is 10.5. The first-order valence-corrected chi connectivity index (χ1v) is 13.4. The molecule has 1 N–H and O–H groups in total. The number of pyridine rings is 1. The SMILES string of the molecule is Cc1ccc(C)c(N2CCN([C@H](c3cc4c(C)ccc(C)c4[nH]c3=O)c3nnnn3Cc3ccco3)CC2)c1. The number of furan rings is 1. The Labute approximate surface area is 227 Å². The van der Waals surface area contributed by atoms with Crippen LogP contribution < -0.4 is 10.5 Å². The summed E-state index contributed by atoms with van der Waals surface area (Å²) in [6, 6.07) is 16.1. The molecule has 1 aliphatic rings. The van der Waals surface area contributed by atoms with Gasteiger partial charge in [-0.25, -0.2) is 4.68 Å². The van der Waals surface area contributed by atoms with Crippen LogP contribution in [-0.2, 0) is 6.54 Å². The van der Waals surface area contributed by atoms with Crippen molar-refractivity contribution in [1.29, 1.82) is 0 Å². The van der Waals surface area contributed by atoms with Gasteiger partial charge in [0.2, 0.25) is 0 Å². The Bertz CT molecular complexity index is 1680. The van der Waals surface area contributed by atoms with E-state index < -0.39 is 6.04 Å². The second kappa shape index (κ2) is 10.1. The minimum absolute atomic E-state index is 0.120. The molecule has 0 spiro atoms. The van der Waals surface area contributed by atoms with Crippen molar-refractivity contribution < 1.29 is 4.42 Å². The number of benzene rings is 2. The zero-order valence-electron chi connectivity index (χ0n) is 22.8. The van der Waals surface area contributed by atoms with E-state index in [0.717, 1.165) is 54.0 Å². The van der Waals surface area contributed by atoms with Crippen LogP contribution in [0.5, 0.6) is 0 Å². The summed E-state index contributed by atoms with van der Waals surface area (Å²) in [5, 5.41) is 13.8. The van der Waals surface area contributed by atoms with Gasteiger partial charge in [0.1, 0.15) is 18.3 Å².